The molecule has 0 spiro atoms. The highest BCUT2D eigenvalue weighted by Crippen LogP contribution is 2.26. The van der Waals surface area contributed by atoms with E-state index >= 15 is 0 Å². The maximum Gasteiger partial charge on any atom is 0.412 e. The van der Waals surface area contributed by atoms with E-state index in [0.29, 0.717) is 16.8 Å². The fraction of sp³-hybridized carbons (Fsp3) is 0.211. The summed E-state index contributed by atoms with van der Waals surface area (Å²) in [5.74, 6) is 0. The van der Waals surface area contributed by atoms with Gasteiger partial charge in [0.15, 0.2) is 0 Å². The van der Waals surface area contributed by atoms with Crippen molar-refractivity contribution < 1.29 is 9.53 Å². The van der Waals surface area contributed by atoms with Gasteiger partial charge in [0.1, 0.15) is 5.60 Å². The first-order chi connectivity index (χ1) is 11.8. The number of aromatic nitrogens is 2. The number of nitrogens with zero attached hydrogens (tertiary/aromatic N) is 1. The minimum absolute atomic E-state index is 0.234. The molecule has 0 aliphatic rings. The number of fused-ring (bicyclic) bond motifs is 1. The SMILES string of the molecule is CC(C)(C)OC(=O)Nc1cccc(-c2n[nH]c(=O)c3ccccc23)c1. The van der Waals surface area contributed by atoms with Crippen molar-refractivity contribution in [3.63, 3.8) is 0 Å². The van der Waals surface area contributed by atoms with Crippen LogP contribution in [0.3, 0.4) is 0 Å². The Hall–Kier alpha value is -3.15. The predicted octanol–water partition coefficient (Wildman–Crippen LogP) is 3.94. The number of hydrogen-bond acceptors (Lipinski definition) is 4. The van der Waals surface area contributed by atoms with Gasteiger partial charge in [-0.1, -0.05) is 30.3 Å². The van der Waals surface area contributed by atoms with E-state index in [9.17, 15) is 9.59 Å². The monoisotopic (exact) mass is 337 g/mol. The topological polar surface area (TPSA) is 84.1 Å². The van der Waals surface area contributed by atoms with Crippen molar-refractivity contribution in [2.24, 2.45) is 0 Å². The van der Waals surface area contributed by atoms with Crippen LogP contribution in [0.25, 0.3) is 22.0 Å². The smallest absolute Gasteiger partial charge is 0.412 e. The third kappa shape index (κ3) is 3.85. The van der Waals surface area contributed by atoms with E-state index in [1.165, 1.54) is 0 Å². The number of aromatic amines is 1. The van der Waals surface area contributed by atoms with Crippen LogP contribution in [0.4, 0.5) is 10.5 Å². The molecule has 128 valence electrons. The van der Waals surface area contributed by atoms with E-state index < -0.39 is 11.7 Å². The molecule has 6 nitrogen and oxygen atoms in total. The molecule has 25 heavy (non-hydrogen) atoms. The third-order valence-electron chi connectivity index (χ3n) is 3.48. The predicted molar refractivity (Wildman–Crippen MR) is 97.7 cm³/mol. The van der Waals surface area contributed by atoms with Gasteiger partial charge in [-0.05, 0) is 39.0 Å². The molecule has 1 amide bonds. The average Bonchev–Trinajstić information content (AvgIpc) is 2.54. The van der Waals surface area contributed by atoms with Gasteiger partial charge in [-0.2, -0.15) is 5.10 Å². The van der Waals surface area contributed by atoms with Crippen molar-refractivity contribution in [1.29, 1.82) is 0 Å². The highest BCUT2D eigenvalue weighted by molar-refractivity contribution is 5.94. The van der Waals surface area contributed by atoms with Crippen molar-refractivity contribution in [1.82, 2.24) is 10.2 Å². The standard InChI is InChI=1S/C19H19N3O3/c1-19(2,3)25-18(24)20-13-8-6-7-12(11-13)16-14-9-4-5-10-15(14)17(23)22-21-16/h4-11H,1-3H3,(H,20,24)(H,22,23). The van der Waals surface area contributed by atoms with Crippen LogP contribution in [-0.2, 0) is 4.74 Å². The number of benzene rings is 2. The van der Waals surface area contributed by atoms with E-state index in [2.05, 4.69) is 15.5 Å². The molecule has 0 aliphatic carbocycles. The second-order valence-corrected chi connectivity index (χ2v) is 6.65. The number of carbonyl (C=O) groups excluding carboxylic acids is 1. The summed E-state index contributed by atoms with van der Waals surface area (Å²) < 4.78 is 5.26. The molecule has 0 atom stereocenters. The summed E-state index contributed by atoms with van der Waals surface area (Å²) in [6.07, 6.45) is -0.524. The van der Waals surface area contributed by atoms with Gasteiger partial charge < -0.3 is 4.74 Å². The van der Waals surface area contributed by atoms with Gasteiger partial charge in [-0.15, -0.1) is 0 Å². The van der Waals surface area contributed by atoms with Gasteiger partial charge in [0.05, 0.1) is 11.1 Å². The number of hydrogen-bond donors (Lipinski definition) is 2. The van der Waals surface area contributed by atoms with Crippen molar-refractivity contribution >= 4 is 22.6 Å². The molecule has 3 aromatic rings. The average molecular weight is 337 g/mol. The van der Waals surface area contributed by atoms with Crippen LogP contribution in [0, 0.1) is 0 Å². The zero-order valence-corrected chi connectivity index (χ0v) is 14.3. The molecule has 2 N–H and O–H groups in total. The summed E-state index contributed by atoms with van der Waals surface area (Å²) >= 11 is 0. The van der Waals surface area contributed by atoms with Crippen LogP contribution in [-0.4, -0.2) is 21.9 Å². The molecule has 1 aromatic heterocycles. The zero-order valence-electron chi connectivity index (χ0n) is 14.3. The van der Waals surface area contributed by atoms with Crippen molar-refractivity contribution in [3.8, 4) is 11.3 Å². The number of ether oxygens (including phenoxy) is 1. The van der Waals surface area contributed by atoms with Gasteiger partial charge >= 0.3 is 6.09 Å². The van der Waals surface area contributed by atoms with E-state index in [4.69, 9.17) is 4.74 Å². The lowest BCUT2D eigenvalue weighted by molar-refractivity contribution is 0.0636. The first kappa shape index (κ1) is 16.7. The summed E-state index contributed by atoms with van der Waals surface area (Å²) in [5, 5.41) is 10.7. The summed E-state index contributed by atoms with van der Waals surface area (Å²) in [6.45, 7) is 5.41. The van der Waals surface area contributed by atoms with Crippen LogP contribution in [0.15, 0.2) is 53.3 Å². The highest BCUT2D eigenvalue weighted by atomic mass is 16.6. The molecule has 0 radical (unpaired) electrons. The van der Waals surface area contributed by atoms with E-state index in [-0.39, 0.29) is 5.56 Å². The minimum atomic E-state index is -0.571. The summed E-state index contributed by atoms with van der Waals surface area (Å²) in [5.41, 5.74) is 1.20. The lowest BCUT2D eigenvalue weighted by Crippen LogP contribution is -2.27. The molecule has 0 fully saturated rings. The zero-order chi connectivity index (χ0) is 18.0. The number of amides is 1. The van der Waals surface area contributed by atoms with Gasteiger partial charge in [0.25, 0.3) is 5.56 Å². The normalized spacial score (nSPS) is 11.3. The van der Waals surface area contributed by atoms with Crippen molar-refractivity contribution in [2.75, 3.05) is 5.32 Å². The molecule has 2 aromatic carbocycles. The maximum atomic E-state index is 11.9. The molecule has 0 aliphatic heterocycles. The van der Waals surface area contributed by atoms with Gasteiger partial charge in [-0.25, -0.2) is 9.89 Å². The lowest BCUT2D eigenvalue weighted by atomic mass is 10.0. The largest absolute Gasteiger partial charge is 0.444 e. The Kier molecular flexibility index (Phi) is 4.27. The molecule has 0 bridgehead atoms. The van der Waals surface area contributed by atoms with Gasteiger partial charge in [0.2, 0.25) is 0 Å². The second kappa shape index (κ2) is 6.39. The van der Waals surface area contributed by atoms with Crippen molar-refractivity contribution in [2.45, 2.75) is 26.4 Å². The first-order valence-corrected chi connectivity index (χ1v) is 7.91. The van der Waals surface area contributed by atoms with E-state index in [0.717, 1.165) is 10.9 Å². The number of H-pyrrole nitrogens is 1. The molecular formula is C19H19N3O3. The molecule has 0 saturated heterocycles. The second-order valence-electron chi connectivity index (χ2n) is 6.65. The Morgan fingerprint density at radius 3 is 2.52 bits per heavy atom. The summed E-state index contributed by atoms with van der Waals surface area (Å²) in [4.78, 5) is 23.9. The summed E-state index contributed by atoms with van der Waals surface area (Å²) in [6, 6.07) is 14.5. The minimum Gasteiger partial charge on any atom is -0.444 e. The van der Waals surface area contributed by atoms with Crippen LogP contribution >= 0.6 is 0 Å². The number of nitrogens with one attached hydrogen (secondary N) is 2. The Balaban J connectivity index is 1.97. The van der Waals surface area contributed by atoms with E-state index in [1.807, 2.05) is 30.3 Å². The molecule has 6 heteroatoms. The van der Waals surface area contributed by atoms with E-state index in [1.54, 1.807) is 39.0 Å². The molecule has 1 heterocycles. The lowest BCUT2D eigenvalue weighted by Gasteiger charge is -2.19. The number of carbonyl (C=O) groups is 1. The van der Waals surface area contributed by atoms with Crippen LogP contribution in [0.1, 0.15) is 20.8 Å². The molecule has 0 unspecified atom stereocenters. The Morgan fingerprint density at radius 2 is 1.80 bits per heavy atom. The highest BCUT2D eigenvalue weighted by Gasteiger charge is 2.16. The van der Waals surface area contributed by atoms with Crippen LogP contribution < -0.4 is 10.9 Å². The number of anilines is 1. The fourth-order valence-corrected chi connectivity index (χ4v) is 2.50. The summed E-state index contributed by atoms with van der Waals surface area (Å²) in [7, 11) is 0. The number of rotatable bonds is 2. The molecular weight excluding hydrogens is 318 g/mol. The third-order valence-corrected chi connectivity index (χ3v) is 3.48. The Labute approximate surface area is 144 Å². The quantitative estimate of drug-likeness (QED) is 0.742. The Bertz CT molecular complexity index is 987. The fourth-order valence-electron chi connectivity index (χ4n) is 2.50. The van der Waals surface area contributed by atoms with Gasteiger partial charge in [0, 0.05) is 16.6 Å². The molecule has 0 saturated carbocycles. The first-order valence-electron chi connectivity index (χ1n) is 7.91. The van der Waals surface area contributed by atoms with Crippen LogP contribution in [0.2, 0.25) is 0 Å². The van der Waals surface area contributed by atoms with Crippen LogP contribution in [0.5, 0.6) is 0 Å². The van der Waals surface area contributed by atoms with Gasteiger partial charge in [-0.3, -0.25) is 10.1 Å². The Morgan fingerprint density at radius 1 is 1.08 bits per heavy atom. The van der Waals surface area contributed by atoms with Crippen molar-refractivity contribution in [3.05, 3.63) is 58.9 Å². The molecule has 3 rings (SSSR count). The maximum absolute atomic E-state index is 11.9.